The molecule has 2 nitrogen and oxygen atoms in total. The number of aromatic nitrogens is 1. The van der Waals surface area contributed by atoms with Crippen LogP contribution in [0.3, 0.4) is 0 Å². The van der Waals surface area contributed by atoms with Gasteiger partial charge in [-0.3, -0.25) is 0 Å². The fourth-order valence-electron chi connectivity index (χ4n) is 1.23. The summed E-state index contributed by atoms with van der Waals surface area (Å²) in [5.41, 5.74) is 0. The van der Waals surface area contributed by atoms with E-state index in [0.29, 0.717) is 6.10 Å². The molecule has 0 spiro atoms. The molecular formula is C10H13NOS. The van der Waals surface area contributed by atoms with Crippen LogP contribution in [0.5, 0.6) is 5.88 Å². The lowest BCUT2D eigenvalue weighted by Gasteiger charge is -2.25. The van der Waals surface area contributed by atoms with Crippen LogP contribution in [-0.4, -0.2) is 17.3 Å². The van der Waals surface area contributed by atoms with Gasteiger partial charge >= 0.3 is 0 Å². The number of hydrogen-bond donors (Lipinski definition) is 0. The van der Waals surface area contributed by atoms with Gasteiger partial charge in [0.15, 0.2) is 0 Å². The molecule has 0 aromatic carbocycles. The van der Waals surface area contributed by atoms with Crippen molar-refractivity contribution < 1.29 is 4.74 Å². The van der Waals surface area contributed by atoms with E-state index in [0.717, 1.165) is 10.9 Å². The lowest BCUT2D eigenvalue weighted by Crippen LogP contribution is -2.24. The molecule has 1 aliphatic carbocycles. The Labute approximate surface area is 82.7 Å². The van der Waals surface area contributed by atoms with E-state index in [1.54, 1.807) is 11.8 Å². The third-order valence-electron chi connectivity index (χ3n) is 2.25. The van der Waals surface area contributed by atoms with Crippen molar-refractivity contribution >= 4 is 11.8 Å². The van der Waals surface area contributed by atoms with Gasteiger partial charge in [-0.25, -0.2) is 4.98 Å². The van der Waals surface area contributed by atoms with Crippen molar-refractivity contribution in [3.63, 3.8) is 0 Å². The standard InChI is InChI=1S/C10H13NOS/c1-13-10-7-3-6-9(11-10)12-8-4-2-5-8/h3,6-8H,2,4-5H2,1H3. The minimum absolute atomic E-state index is 0.421. The highest BCUT2D eigenvalue weighted by molar-refractivity contribution is 7.98. The zero-order chi connectivity index (χ0) is 9.10. The average Bonchev–Trinajstić information content (AvgIpc) is 2.12. The molecule has 0 amide bonds. The van der Waals surface area contributed by atoms with Crippen molar-refractivity contribution in [3.8, 4) is 5.88 Å². The van der Waals surface area contributed by atoms with Crippen molar-refractivity contribution in [2.24, 2.45) is 0 Å². The van der Waals surface area contributed by atoms with Gasteiger partial charge in [-0.15, -0.1) is 11.8 Å². The first kappa shape index (κ1) is 8.88. The molecular weight excluding hydrogens is 182 g/mol. The van der Waals surface area contributed by atoms with Crippen LogP contribution >= 0.6 is 11.8 Å². The predicted molar refractivity (Wildman–Crippen MR) is 54.3 cm³/mol. The van der Waals surface area contributed by atoms with Gasteiger partial charge < -0.3 is 4.74 Å². The highest BCUT2D eigenvalue weighted by atomic mass is 32.2. The van der Waals surface area contributed by atoms with Crippen LogP contribution in [0.4, 0.5) is 0 Å². The van der Waals surface area contributed by atoms with Gasteiger partial charge in [0.1, 0.15) is 6.10 Å². The molecule has 2 rings (SSSR count). The Morgan fingerprint density at radius 2 is 2.31 bits per heavy atom. The first-order valence-corrected chi connectivity index (χ1v) is 5.78. The molecule has 0 aliphatic heterocycles. The van der Waals surface area contributed by atoms with E-state index in [9.17, 15) is 0 Å². The molecule has 1 aromatic heterocycles. The van der Waals surface area contributed by atoms with Crippen LogP contribution in [0.25, 0.3) is 0 Å². The minimum Gasteiger partial charge on any atom is -0.474 e. The molecule has 1 fully saturated rings. The van der Waals surface area contributed by atoms with Crippen LogP contribution < -0.4 is 4.74 Å². The second kappa shape index (κ2) is 4.01. The Balaban J connectivity index is 2.01. The molecule has 1 heterocycles. The normalized spacial score (nSPS) is 16.7. The Morgan fingerprint density at radius 1 is 1.46 bits per heavy atom. The lowest BCUT2D eigenvalue weighted by atomic mass is 9.96. The molecule has 0 saturated heterocycles. The Bertz CT molecular complexity index is 286. The van der Waals surface area contributed by atoms with Crippen LogP contribution in [0.15, 0.2) is 23.2 Å². The van der Waals surface area contributed by atoms with E-state index < -0.39 is 0 Å². The zero-order valence-corrected chi connectivity index (χ0v) is 8.51. The maximum Gasteiger partial charge on any atom is 0.214 e. The summed E-state index contributed by atoms with van der Waals surface area (Å²) in [6, 6.07) is 5.92. The summed E-state index contributed by atoms with van der Waals surface area (Å²) < 4.78 is 5.67. The van der Waals surface area contributed by atoms with Gasteiger partial charge in [0, 0.05) is 6.07 Å². The number of nitrogens with zero attached hydrogens (tertiary/aromatic N) is 1. The van der Waals surface area contributed by atoms with E-state index in [4.69, 9.17) is 4.74 Å². The van der Waals surface area contributed by atoms with Crippen molar-refractivity contribution in [1.82, 2.24) is 4.98 Å². The summed E-state index contributed by atoms with van der Waals surface area (Å²) in [4.78, 5) is 4.35. The topological polar surface area (TPSA) is 22.1 Å². The van der Waals surface area contributed by atoms with Crippen LogP contribution in [-0.2, 0) is 0 Å². The highest BCUT2D eigenvalue weighted by Crippen LogP contribution is 2.24. The Kier molecular flexibility index (Phi) is 2.74. The van der Waals surface area contributed by atoms with E-state index in [2.05, 4.69) is 4.98 Å². The molecule has 0 radical (unpaired) electrons. The molecule has 3 heteroatoms. The number of rotatable bonds is 3. The van der Waals surface area contributed by atoms with Gasteiger partial charge in [-0.05, 0) is 31.6 Å². The number of ether oxygens (including phenoxy) is 1. The smallest absolute Gasteiger partial charge is 0.214 e. The fraction of sp³-hybridized carbons (Fsp3) is 0.500. The largest absolute Gasteiger partial charge is 0.474 e. The maximum atomic E-state index is 5.67. The van der Waals surface area contributed by atoms with Gasteiger partial charge in [0.05, 0.1) is 5.03 Å². The summed E-state index contributed by atoms with van der Waals surface area (Å²) in [7, 11) is 0. The molecule has 0 unspecified atom stereocenters. The molecule has 1 saturated carbocycles. The SMILES string of the molecule is CSc1cccc(OC2CCC2)n1. The molecule has 70 valence electrons. The van der Waals surface area contributed by atoms with E-state index >= 15 is 0 Å². The van der Waals surface area contributed by atoms with Gasteiger partial charge in [0.2, 0.25) is 5.88 Å². The summed E-state index contributed by atoms with van der Waals surface area (Å²) in [5.74, 6) is 0.775. The van der Waals surface area contributed by atoms with E-state index in [-0.39, 0.29) is 0 Å². The summed E-state index contributed by atoms with van der Waals surface area (Å²) in [6.45, 7) is 0. The van der Waals surface area contributed by atoms with Crippen molar-refractivity contribution in [2.45, 2.75) is 30.4 Å². The van der Waals surface area contributed by atoms with Crippen LogP contribution in [0.1, 0.15) is 19.3 Å². The third-order valence-corrected chi connectivity index (χ3v) is 2.89. The molecule has 13 heavy (non-hydrogen) atoms. The second-order valence-electron chi connectivity index (χ2n) is 3.19. The van der Waals surface area contributed by atoms with Gasteiger partial charge in [-0.2, -0.15) is 0 Å². The van der Waals surface area contributed by atoms with Gasteiger partial charge in [0.25, 0.3) is 0 Å². The van der Waals surface area contributed by atoms with E-state index in [1.165, 1.54) is 19.3 Å². The molecule has 0 N–H and O–H groups in total. The summed E-state index contributed by atoms with van der Waals surface area (Å²) in [5, 5.41) is 1.02. The Hall–Kier alpha value is -0.700. The Morgan fingerprint density at radius 3 is 2.92 bits per heavy atom. The maximum absolute atomic E-state index is 5.67. The molecule has 1 aromatic rings. The monoisotopic (exact) mass is 195 g/mol. The van der Waals surface area contributed by atoms with Crippen LogP contribution in [0, 0.1) is 0 Å². The van der Waals surface area contributed by atoms with Crippen molar-refractivity contribution in [2.75, 3.05) is 6.26 Å². The number of thioether (sulfide) groups is 1. The molecule has 0 bridgehead atoms. The van der Waals surface area contributed by atoms with Crippen LogP contribution in [0.2, 0.25) is 0 Å². The summed E-state index contributed by atoms with van der Waals surface area (Å²) >= 11 is 1.64. The number of pyridine rings is 1. The molecule has 1 aliphatic rings. The fourth-order valence-corrected chi connectivity index (χ4v) is 1.63. The zero-order valence-electron chi connectivity index (χ0n) is 7.69. The highest BCUT2D eigenvalue weighted by Gasteiger charge is 2.19. The first-order chi connectivity index (χ1) is 6.38. The quantitative estimate of drug-likeness (QED) is 0.692. The second-order valence-corrected chi connectivity index (χ2v) is 4.02. The minimum atomic E-state index is 0.421. The van der Waals surface area contributed by atoms with Crippen molar-refractivity contribution in [1.29, 1.82) is 0 Å². The lowest BCUT2D eigenvalue weighted by molar-refractivity contribution is 0.114. The molecule has 0 atom stereocenters. The summed E-state index contributed by atoms with van der Waals surface area (Å²) in [6.07, 6.45) is 6.11. The van der Waals surface area contributed by atoms with E-state index in [1.807, 2.05) is 24.5 Å². The average molecular weight is 195 g/mol. The third kappa shape index (κ3) is 2.15. The first-order valence-electron chi connectivity index (χ1n) is 4.56. The number of hydrogen-bond acceptors (Lipinski definition) is 3. The van der Waals surface area contributed by atoms with Crippen molar-refractivity contribution in [3.05, 3.63) is 18.2 Å². The van der Waals surface area contributed by atoms with Gasteiger partial charge in [-0.1, -0.05) is 6.07 Å². The predicted octanol–water partition coefficient (Wildman–Crippen LogP) is 2.73.